The Morgan fingerprint density at radius 3 is 1.70 bits per heavy atom. The van der Waals surface area contributed by atoms with E-state index in [0.717, 1.165) is 11.1 Å². The van der Waals surface area contributed by atoms with Crippen LogP contribution in [0.4, 0.5) is 0 Å². The van der Waals surface area contributed by atoms with Crippen LogP contribution in [0.25, 0.3) is 0 Å². The lowest BCUT2D eigenvalue weighted by Gasteiger charge is -2.18. The molecule has 0 aromatic heterocycles. The first kappa shape index (κ1) is 23.1. The molecule has 8 heteroatoms. The highest BCUT2D eigenvalue weighted by molar-refractivity contribution is 5.86. The number of aliphatic hydroxyl groups excluding tert-OH is 2. The molecule has 0 saturated carbocycles. The number of aliphatic carboxylic acids is 1. The van der Waals surface area contributed by atoms with Crippen molar-refractivity contribution in [3.8, 4) is 0 Å². The highest BCUT2D eigenvalue weighted by Gasteiger charge is 2.24. The van der Waals surface area contributed by atoms with Crippen molar-refractivity contribution >= 4 is 17.8 Å². The topological polar surface area (TPSA) is 136 Å². The summed E-state index contributed by atoms with van der Waals surface area (Å²) in [6.45, 7) is -0.0588. The minimum absolute atomic E-state index is 0.0570. The summed E-state index contributed by atoms with van der Waals surface area (Å²) in [4.78, 5) is 35.5. The van der Waals surface area contributed by atoms with E-state index in [0.29, 0.717) is 0 Å². The van der Waals surface area contributed by atoms with Crippen LogP contribution in [-0.2, 0) is 27.2 Å². The Hall–Kier alpha value is -3.23. The smallest absolute Gasteiger partial charge is 0.326 e. The number of aliphatic hydroxyl groups is 2. The van der Waals surface area contributed by atoms with Crippen LogP contribution >= 0.6 is 0 Å². The molecule has 2 amide bonds. The van der Waals surface area contributed by atoms with Crippen molar-refractivity contribution in [2.45, 2.75) is 37.5 Å². The molecular formula is C22H26N2O6. The van der Waals surface area contributed by atoms with Gasteiger partial charge in [0.2, 0.25) is 11.8 Å². The number of rotatable bonds is 11. The van der Waals surface area contributed by atoms with Crippen molar-refractivity contribution in [2.24, 2.45) is 0 Å². The van der Waals surface area contributed by atoms with Crippen LogP contribution in [0, 0.1) is 0 Å². The minimum atomic E-state index is -1.39. The average molecular weight is 414 g/mol. The largest absolute Gasteiger partial charge is 0.480 e. The quantitative estimate of drug-likeness (QED) is 0.358. The first-order valence-electron chi connectivity index (χ1n) is 9.61. The predicted molar refractivity (Wildman–Crippen MR) is 109 cm³/mol. The molecular weight excluding hydrogens is 388 g/mol. The van der Waals surface area contributed by atoms with Gasteiger partial charge >= 0.3 is 5.97 Å². The predicted octanol–water partition coefficient (Wildman–Crippen LogP) is 0.269. The van der Waals surface area contributed by atoms with Crippen LogP contribution in [0.3, 0.4) is 0 Å². The Morgan fingerprint density at radius 1 is 0.767 bits per heavy atom. The van der Waals surface area contributed by atoms with E-state index in [4.69, 9.17) is 0 Å². The van der Waals surface area contributed by atoms with Gasteiger partial charge in [-0.2, -0.15) is 0 Å². The summed E-state index contributed by atoms with van der Waals surface area (Å²) in [5.74, 6) is -2.71. The SMILES string of the molecule is O=C(O)[C@H](CCNC(=O)[C@@H](O)Cc1ccccc1)NC(=O)[C@@H](O)Cc1ccccc1. The van der Waals surface area contributed by atoms with Gasteiger partial charge in [0.25, 0.3) is 0 Å². The summed E-state index contributed by atoms with van der Waals surface area (Å²) in [5, 5.41) is 34.0. The summed E-state index contributed by atoms with van der Waals surface area (Å²) in [7, 11) is 0. The fourth-order valence-corrected chi connectivity index (χ4v) is 2.84. The molecule has 0 saturated heterocycles. The molecule has 160 valence electrons. The second-order valence-electron chi connectivity index (χ2n) is 6.89. The molecule has 0 bridgehead atoms. The van der Waals surface area contributed by atoms with Crippen LogP contribution in [0.2, 0.25) is 0 Å². The van der Waals surface area contributed by atoms with Crippen molar-refractivity contribution in [3.05, 3.63) is 71.8 Å². The van der Waals surface area contributed by atoms with Crippen LogP contribution in [0.5, 0.6) is 0 Å². The van der Waals surface area contributed by atoms with E-state index in [1.54, 1.807) is 48.5 Å². The molecule has 0 aliphatic heterocycles. The number of carboxylic acids is 1. The third-order valence-electron chi connectivity index (χ3n) is 4.50. The van der Waals surface area contributed by atoms with Gasteiger partial charge in [0, 0.05) is 19.4 Å². The van der Waals surface area contributed by atoms with E-state index >= 15 is 0 Å². The molecule has 0 aliphatic rings. The number of amides is 2. The van der Waals surface area contributed by atoms with Gasteiger partial charge in [-0.15, -0.1) is 0 Å². The Kier molecular flexibility index (Phi) is 8.99. The van der Waals surface area contributed by atoms with Crippen LogP contribution in [-0.4, -0.2) is 57.9 Å². The number of carbonyl (C=O) groups is 3. The van der Waals surface area contributed by atoms with E-state index < -0.39 is 36.0 Å². The summed E-state index contributed by atoms with van der Waals surface area (Å²) < 4.78 is 0. The summed E-state index contributed by atoms with van der Waals surface area (Å²) in [6, 6.07) is 16.6. The lowest BCUT2D eigenvalue weighted by molar-refractivity contribution is -0.143. The lowest BCUT2D eigenvalue weighted by atomic mass is 10.1. The van der Waals surface area contributed by atoms with E-state index in [-0.39, 0.29) is 25.8 Å². The molecule has 2 aromatic carbocycles. The maximum atomic E-state index is 12.1. The average Bonchev–Trinajstić information content (AvgIpc) is 2.74. The molecule has 0 heterocycles. The maximum absolute atomic E-state index is 12.1. The number of carbonyl (C=O) groups excluding carboxylic acids is 2. The highest BCUT2D eigenvalue weighted by Crippen LogP contribution is 2.05. The van der Waals surface area contributed by atoms with E-state index in [9.17, 15) is 29.7 Å². The zero-order valence-corrected chi connectivity index (χ0v) is 16.4. The number of carboxylic acid groups (broad SMARTS) is 1. The van der Waals surface area contributed by atoms with Crippen LogP contribution < -0.4 is 10.6 Å². The molecule has 30 heavy (non-hydrogen) atoms. The molecule has 0 fully saturated rings. The molecule has 0 unspecified atom stereocenters. The minimum Gasteiger partial charge on any atom is -0.480 e. The van der Waals surface area contributed by atoms with Crippen molar-refractivity contribution in [1.82, 2.24) is 10.6 Å². The van der Waals surface area contributed by atoms with Gasteiger partial charge < -0.3 is 26.0 Å². The van der Waals surface area contributed by atoms with Crippen molar-refractivity contribution in [3.63, 3.8) is 0 Å². The van der Waals surface area contributed by atoms with Crippen molar-refractivity contribution in [1.29, 1.82) is 0 Å². The van der Waals surface area contributed by atoms with Crippen LogP contribution in [0.15, 0.2) is 60.7 Å². The molecule has 5 N–H and O–H groups in total. The van der Waals surface area contributed by atoms with Gasteiger partial charge in [0.15, 0.2) is 0 Å². The Morgan fingerprint density at radius 2 is 1.23 bits per heavy atom. The molecule has 0 spiro atoms. The van der Waals surface area contributed by atoms with Gasteiger partial charge in [-0.25, -0.2) is 4.79 Å². The number of hydrogen-bond acceptors (Lipinski definition) is 5. The number of benzene rings is 2. The summed E-state index contributed by atoms with van der Waals surface area (Å²) in [6.07, 6.45) is -2.56. The first-order chi connectivity index (χ1) is 14.4. The van der Waals surface area contributed by atoms with Gasteiger partial charge in [-0.3, -0.25) is 9.59 Å². The van der Waals surface area contributed by atoms with Gasteiger partial charge in [-0.05, 0) is 17.5 Å². The van der Waals surface area contributed by atoms with Gasteiger partial charge in [-0.1, -0.05) is 60.7 Å². The normalized spacial score (nSPS) is 13.7. The summed E-state index contributed by atoms with van der Waals surface area (Å²) >= 11 is 0. The second-order valence-corrected chi connectivity index (χ2v) is 6.89. The van der Waals surface area contributed by atoms with E-state index in [1.165, 1.54) is 0 Å². The van der Waals surface area contributed by atoms with Crippen LogP contribution in [0.1, 0.15) is 17.5 Å². The lowest BCUT2D eigenvalue weighted by Crippen LogP contribution is -2.48. The zero-order valence-electron chi connectivity index (χ0n) is 16.4. The molecule has 0 aliphatic carbocycles. The Bertz CT molecular complexity index is 828. The molecule has 0 radical (unpaired) electrons. The fourth-order valence-electron chi connectivity index (χ4n) is 2.84. The Balaban J connectivity index is 1.78. The zero-order chi connectivity index (χ0) is 21.9. The monoisotopic (exact) mass is 414 g/mol. The molecule has 2 aromatic rings. The highest BCUT2D eigenvalue weighted by atomic mass is 16.4. The fraction of sp³-hybridized carbons (Fsp3) is 0.318. The van der Waals surface area contributed by atoms with Gasteiger partial charge in [0.1, 0.15) is 18.2 Å². The molecule has 8 nitrogen and oxygen atoms in total. The first-order valence-corrected chi connectivity index (χ1v) is 9.61. The van der Waals surface area contributed by atoms with Gasteiger partial charge in [0.05, 0.1) is 0 Å². The van der Waals surface area contributed by atoms with Crippen molar-refractivity contribution in [2.75, 3.05) is 6.54 Å². The molecule has 2 rings (SSSR count). The number of hydrogen-bond donors (Lipinski definition) is 5. The summed E-state index contributed by atoms with van der Waals surface area (Å²) in [5.41, 5.74) is 1.54. The Labute approximate surface area is 174 Å². The van der Waals surface area contributed by atoms with Crippen molar-refractivity contribution < 1.29 is 29.7 Å². The van der Waals surface area contributed by atoms with E-state index in [2.05, 4.69) is 10.6 Å². The van der Waals surface area contributed by atoms with E-state index in [1.807, 2.05) is 12.1 Å². The molecule has 3 atom stereocenters. The number of nitrogens with one attached hydrogen (secondary N) is 2. The third kappa shape index (κ3) is 7.65. The third-order valence-corrected chi connectivity index (χ3v) is 4.50. The standard InChI is InChI=1S/C22H26N2O6/c25-18(13-15-7-3-1-4-8-15)20(27)23-12-11-17(22(29)30)24-21(28)19(26)14-16-9-5-2-6-10-16/h1-10,17-19,25-26H,11-14H2,(H,23,27)(H,24,28)(H,29,30)/t17-,18-,19-/m0/s1. The second kappa shape index (κ2) is 11.7. The maximum Gasteiger partial charge on any atom is 0.326 e.